The monoisotopic (exact) mass is 264 g/mol. The molecular weight excluding hydrogens is 255 g/mol. The summed E-state index contributed by atoms with van der Waals surface area (Å²) in [6.45, 7) is 0. The lowest BCUT2D eigenvalue weighted by Crippen LogP contribution is -2.12. The lowest BCUT2D eigenvalue weighted by atomic mass is 10.3. The fourth-order valence-electron chi connectivity index (χ4n) is 1.45. The second-order valence-corrected chi connectivity index (χ2v) is 3.46. The number of nitrogens with one attached hydrogen (secondary N) is 2. The zero-order valence-corrected chi connectivity index (χ0v) is 9.50. The number of nitrogens with zero attached hydrogens (tertiary/aromatic N) is 3. The maximum Gasteiger partial charge on any atom is 0.354 e. The fourth-order valence-corrected chi connectivity index (χ4v) is 1.45. The third kappa shape index (κ3) is 2.72. The van der Waals surface area contributed by atoms with Crippen LogP contribution in [-0.4, -0.2) is 14.9 Å². The van der Waals surface area contributed by atoms with Crippen molar-refractivity contribution in [2.75, 3.05) is 10.7 Å². The van der Waals surface area contributed by atoms with Crippen LogP contribution in [-0.2, 0) is 0 Å². The molecule has 1 heterocycles. The Kier molecular flexibility index (Phi) is 3.48. The van der Waals surface area contributed by atoms with Gasteiger partial charge in [0.2, 0.25) is 11.6 Å². The van der Waals surface area contributed by atoms with Crippen LogP contribution in [0.25, 0.3) is 0 Å². The Hall–Kier alpha value is -2.81. The highest BCUT2D eigenvalue weighted by Gasteiger charge is 2.22. The van der Waals surface area contributed by atoms with Crippen LogP contribution in [0.4, 0.5) is 27.4 Å². The SMILES string of the molecule is NNc1ncnc(Nc2cccc(F)c2)c1[N+](=O)[O-]. The van der Waals surface area contributed by atoms with Crippen molar-refractivity contribution in [2.45, 2.75) is 0 Å². The molecule has 1 aromatic carbocycles. The number of halogens is 1. The van der Waals surface area contributed by atoms with Crippen LogP contribution in [0.1, 0.15) is 0 Å². The number of hydrazine groups is 1. The molecule has 0 aliphatic heterocycles. The normalized spacial score (nSPS) is 10.0. The largest absolute Gasteiger partial charge is 0.354 e. The van der Waals surface area contributed by atoms with Gasteiger partial charge in [0, 0.05) is 5.69 Å². The molecule has 0 saturated carbocycles. The van der Waals surface area contributed by atoms with Crippen molar-refractivity contribution in [3.63, 3.8) is 0 Å². The number of hydrogen-bond donors (Lipinski definition) is 3. The Balaban J connectivity index is 2.42. The Bertz CT molecular complexity index is 621. The van der Waals surface area contributed by atoms with E-state index in [2.05, 4.69) is 20.7 Å². The number of nitrogen functional groups attached to an aromatic ring is 1. The topological polar surface area (TPSA) is 119 Å². The highest BCUT2D eigenvalue weighted by molar-refractivity contribution is 5.73. The standard InChI is InChI=1S/C10H9FN6O2/c11-6-2-1-3-7(4-6)15-9-8(17(18)19)10(16-12)14-5-13-9/h1-5H,12H2,(H2,13,14,15,16). The van der Waals surface area contributed by atoms with Gasteiger partial charge in [0.15, 0.2) is 0 Å². The van der Waals surface area contributed by atoms with Gasteiger partial charge in [-0.3, -0.25) is 10.1 Å². The molecule has 2 aromatic rings. The van der Waals surface area contributed by atoms with Gasteiger partial charge in [-0.2, -0.15) is 0 Å². The number of rotatable bonds is 4. The quantitative estimate of drug-likeness (QED) is 0.435. The van der Waals surface area contributed by atoms with E-state index in [4.69, 9.17) is 5.84 Å². The average molecular weight is 264 g/mol. The molecule has 1 aromatic heterocycles. The molecular formula is C10H9FN6O2. The zero-order valence-electron chi connectivity index (χ0n) is 9.50. The molecule has 0 aliphatic rings. The van der Waals surface area contributed by atoms with E-state index < -0.39 is 16.4 Å². The first-order valence-electron chi connectivity index (χ1n) is 5.10. The molecule has 98 valence electrons. The Morgan fingerprint density at radius 2 is 2.05 bits per heavy atom. The minimum Gasteiger partial charge on any atom is -0.334 e. The summed E-state index contributed by atoms with van der Waals surface area (Å²) in [5.41, 5.74) is 2.01. The van der Waals surface area contributed by atoms with E-state index in [0.29, 0.717) is 5.69 Å². The summed E-state index contributed by atoms with van der Waals surface area (Å²) in [4.78, 5) is 17.7. The van der Waals surface area contributed by atoms with Gasteiger partial charge < -0.3 is 10.7 Å². The number of nitro groups is 1. The van der Waals surface area contributed by atoms with Crippen molar-refractivity contribution < 1.29 is 9.31 Å². The first-order chi connectivity index (χ1) is 9.11. The first-order valence-corrected chi connectivity index (χ1v) is 5.10. The number of anilines is 3. The Morgan fingerprint density at radius 3 is 2.68 bits per heavy atom. The van der Waals surface area contributed by atoms with Crippen LogP contribution in [0, 0.1) is 15.9 Å². The van der Waals surface area contributed by atoms with Crippen LogP contribution in [0.15, 0.2) is 30.6 Å². The minimum absolute atomic E-state index is 0.0847. The Labute approximate surface area is 106 Å². The van der Waals surface area contributed by atoms with E-state index >= 15 is 0 Å². The molecule has 0 radical (unpaired) electrons. The van der Waals surface area contributed by atoms with Crippen LogP contribution >= 0.6 is 0 Å². The van der Waals surface area contributed by atoms with Gasteiger partial charge >= 0.3 is 5.69 Å². The van der Waals surface area contributed by atoms with Crippen LogP contribution in [0.2, 0.25) is 0 Å². The zero-order chi connectivity index (χ0) is 13.8. The maximum atomic E-state index is 13.0. The molecule has 0 unspecified atom stereocenters. The molecule has 0 fully saturated rings. The van der Waals surface area contributed by atoms with Crippen LogP contribution in [0.5, 0.6) is 0 Å². The van der Waals surface area contributed by atoms with Crippen molar-refractivity contribution >= 4 is 23.0 Å². The van der Waals surface area contributed by atoms with E-state index in [1.165, 1.54) is 18.2 Å². The summed E-state index contributed by atoms with van der Waals surface area (Å²) in [5.74, 6) is 4.44. The van der Waals surface area contributed by atoms with Crippen molar-refractivity contribution in [3.8, 4) is 0 Å². The average Bonchev–Trinajstić information content (AvgIpc) is 2.38. The highest BCUT2D eigenvalue weighted by Crippen LogP contribution is 2.30. The molecule has 0 saturated heterocycles. The lowest BCUT2D eigenvalue weighted by Gasteiger charge is -2.07. The third-order valence-corrected chi connectivity index (χ3v) is 2.23. The van der Waals surface area contributed by atoms with E-state index in [9.17, 15) is 14.5 Å². The summed E-state index contributed by atoms with van der Waals surface area (Å²) in [5, 5.41) is 13.6. The minimum atomic E-state index is -0.684. The van der Waals surface area contributed by atoms with Gasteiger partial charge in [0.05, 0.1) is 4.92 Å². The summed E-state index contributed by atoms with van der Waals surface area (Å²) in [7, 11) is 0. The summed E-state index contributed by atoms with van der Waals surface area (Å²) in [6.07, 6.45) is 1.10. The molecule has 19 heavy (non-hydrogen) atoms. The van der Waals surface area contributed by atoms with E-state index in [-0.39, 0.29) is 11.6 Å². The number of benzene rings is 1. The van der Waals surface area contributed by atoms with Crippen LogP contribution < -0.4 is 16.6 Å². The van der Waals surface area contributed by atoms with E-state index in [1.54, 1.807) is 6.07 Å². The fraction of sp³-hybridized carbons (Fsp3) is 0. The molecule has 8 nitrogen and oxygen atoms in total. The Morgan fingerprint density at radius 1 is 1.32 bits per heavy atom. The smallest absolute Gasteiger partial charge is 0.334 e. The molecule has 9 heteroatoms. The second kappa shape index (κ2) is 5.23. The number of hydrogen-bond acceptors (Lipinski definition) is 7. The highest BCUT2D eigenvalue weighted by atomic mass is 19.1. The third-order valence-electron chi connectivity index (χ3n) is 2.23. The van der Waals surface area contributed by atoms with Crippen molar-refractivity contribution in [3.05, 3.63) is 46.5 Å². The van der Waals surface area contributed by atoms with Crippen LogP contribution in [0.3, 0.4) is 0 Å². The number of nitrogens with two attached hydrogens (primary N) is 1. The van der Waals surface area contributed by atoms with Gasteiger partial charge in [0.1, 0.15) is 12.1 Å². The molecule has 4 N–H and O–H groups in total. The van der Waals surface area contributed by atoms with Crippen molar-refractivity contribution in [1.82, 2.24) is 9.97 Å². The van der Waals surface area contributed by atoms with E-state index in [0.717, 1.165) is 6.33 Å². The predicted molar refractivity (Wildman–Crippen MR) is 66.2 cm³/mol. The molecule has 0 bridgehead atoms. The molecule has 0 aliphatic carbocycles. The van der Waals surface area contributed by atoms with Gasteiger partial charge in [0.25, 0.3) is 0 Å². The van der Waals surface area contributed by atoms with Gasteiger partial charge in [-0.1, -0.05) is 6.07 Å². The maximum absolute atomic E-state index is 13.0. The predicted octanol–water partition coefficient (Wildman–Crippen LogP) is 1.55. The first kappa shape index (κ1) is 12.6. The van der Waals surface area contributed by atoms with Gasteiger partial charge in [-0.25, -0.2) is 20.2 Å². The van der Waals surface area contributed by atoms with Crippen molar-refractivity contribution in [1.29, 1.82) is 0 Å². The molecule has 0 spiro atoms. The number of aromatic nitrogens is 2. The molecule has 0 amide bonds. The molecule has 0 atom stereocenters. The second-order valence-electron chi connectivity index (χ2n) is 3.46. The summed E-state index contributed by atoms with van der Waals surface area (Å²) < 4.78 is 13.0. The summed E-state index contributed by atoms with van der Waals surface area (Å²) in [6, 6.07) is 5.45. The van der Waals surface area contributed by atoms with Crippen molar-refractivity contribution in [2.24, 2.45) is 5.84 Å². The summed E-state index contributed by atoms with van der Waals surface area (Å²) >= 11 is 0. The van der Waals surface area contributed by atoms with Gasteiger partial charge in [-0.15, -0.1) is 0 Å². The van der Waals surface area contributed by atoms with Gasteiger partial charge in [-0.05, 0) is 18.2 Å². The van der Waals surface area contributed by atoms with E-state index in [1.807, 2.05) is 0 Å². The lowest BCUT2D eigenvalue weighted by molar-refractivity contribution is -0.383. The molecule has 2 rings (SSSR count).